The number of nitrogens with zero attached hydrogens (tertiary/aromatic N) is 3. The van der Waals surface area contributed by atoms with Crippen LogP contribution in [-0.2, 0) is 16.1 Å². The number of rotatable bonds is 7. The van der Waals surface area contributed by atoms with Gasteiger partial charge in [0.1, 0.15) is 5.69 Å². The zero-order valence-corrected chi connectivity index (χ0v) is 16.1. The highest BCUT2D eigenvalue weighted by molar-refractivity contribution is 5.99. The van der Waals surface area contributed by atoms with Gasteiger partial charge in [-0.3, -0.25) is 9.48 Å². The SMILES string of the molecule is O=C(NCC1=NOC(Cc2ccccc2)(C(=O)O)C1)c1ccnn1C1CCCC1. The van der Waals surface area contributed by atoms with Gasteiger partial charge in [-0.05, 0) is 24.5 Å². The first kappa shape index (κ1) is 19.2. The highest BCUT2D eigenvalue weighted by Crippen LogP contribution is 2.30. The standard InChI is InChI=1S/C21H24N4O4/c26-19(18-10-11-23-25(18)17-8-4-5-9-17)22-14-16-13-21(20(27)28,29-24-16)12-15-6-2-1-3-7-15/h1-3,6-7,10-11,17H,4-5,8-9,12-14H2,(H,22,26)(H,27,28). The van der Waals surface area contributed by atoms with Gasteiger partial charge in [0.15, 0.2) is 0 Å². The number of aliphatic carboxylic acids is 1. The summed E-state index contributed by atoms with van der Waals surface area (Å²) in [7, 11) is 0. The number of oxime groups is 1. The smallest absolute Gasteiger partial charge is 0.351 e. The van der Waals surface area contributed by atoms with E-state index < -0.39 is 11.6 Å². The number of amides is 1. The van der Waals surface area contributed by atoms with Crippen LogP contribution in [0.15, 0.2) is 47.8 Å². The molecule has 2 aliphatic rings. The number of carbonyl (C=O) groups excluding carboxylic acids is 1. The van der Waals surface area contributed by atoms with Gasteiger partial charge in [-0.15, -0.1) is 0 Å². The molecule has 1 atom stereocenters. The van der Waals surface area contributed by atoms with Gasteiger partial charge in [-0.1, -0.05) is 48.3 Å². The van der Waals surface area contributed by atoms with Crippen LogP contribution >= 0.6 is 0 Å². The van der Waals surface area contributed by atoms with Gasteiger partial charge in [0.2, 0.25) is 5.60 Å². The molecular weight excluding hydrogens is 372 g/mol. The lowest BCUT2D eigenvalue weighted by molar-refractivity contribution is -0.162. The van der Waals surface area contributed by atoms with E-state index in [2.05, 4.69) is 15.6 Å². The fraction of sp³-hybridized carbons (Fsp3) is 0.429. The summed E-state index contributed by atoms with van der Waals surface area (Å²) in [6, 6.07) is 11.3. The van der Waals surface area contributed by atoms with E-state index >= 15 is 0 Å². The average molecular weight is 396 g/mol. The molecule has 1 fully saturated rings. The van der Waals surface area contributed by atoms with Gasteiger partial charge in [0.05, 0.1) is 18.3 Å². The number of carbonyl (C=O) groups is 2. The number of carboxylic acid groups (broad SMARTS) is 1. The van der Waals surface area contributed by atoms with Crippen molar-refractivity contribution in [3.8, 4) is 0 Å². The van der Waals surface area contributed by atoms with Gasteiger partial charge in [-0.2, -0.15) is 5.10 Å². The molecule has 29 heavy (non-hydrogen) atoms. The molecule has 1 aromatic heterocycles. The molecule has 152 valence electrons. The molecule has 1 unspecified atom stereocenters. The van der Waals surface area contributed by atoms with E-state index in [1.54, 1.807) is 16.9 Å². The van der Waals surface area contributed by atoms with Gasteiger partial charge in [-0.25, -0.2) is 4.79 Å². The van der Waals surface area contributed by atoms with Crippen LogP contribution in [0.25, 0.3) is 0 Å². The van der Waals surface area contributed by atoms with Crippen LogP contribution < -0.4 is 5.32 Å². The van der Waals surface area contributed by atoms with E-state index in [-0.39, 0.29) is 31.3 Å². The highest BCUT2D eigenvalue weighted by Gasteiger charge is 2.46. The second-order valence-electron chi connectivity index (χ2n) is 7.67. The maximum Gasteiger partial charge on any atom is 0.351 e. The second kappa shape index (κ2) is 8.06. The van der Waals surface area contributed by atoms with Crippen LogP contribution in [0.2, 0.25) is 0 Å². The van der Waals surface area contributed by atoms with Crippen LogP contribution in [0, 0.1) is 0 Å². The zero-order valence-electron chi connectivity index (χ0n) is 16.1. The van der Waals surface area contributed by atoms with Crippen molar-refractivity contribution in [2.24, 2.45) is 5.16 Å². The number of aromatic nitrogens is 2. The van der Waals surface area contributed by atoms with Crippen molar-refractivity contribution in [3.05, 3.63) is 53.9 Å². The van der Waals surface area contributed by atoms with E-state index in [4.69, 9.17) is 4.84 Å². The fourth-order valence-corrected chi connectivity index (χ4v) is 4.06. The average Bonchev–Trinajstić information content (AvgIpc) is 3.47. The third-order valence-corrected chi connectivity index (χ3v) is 5.59. The largest absolute Gasteiger partial charge is 0.478 e. The van der Waals surface area contributed by atoms with Crippen LogP contribution in [0.1, 0.15) is 54.2 Å². The monoisotopic (exact) mass is 396 g/mol. The lowest BCUT2D eigenvalue weighted by Gasteiger charge is -2.21. The summed E-state index contributed by atoms with van der Waals surface area (Å²) < 4.78 is 1.80. The molecule has 1 amide bonds. The Bertz CT molecular complexity index is 918. The van der Waals surface area contributed by atoms with Crippen molar-refractivity contribution in [1.82, 2.24) is 15.1 Å². The Morgan fingerprint density at radius 3 is 2.69 bits per heavy atom. The summed E-state index contributed by atoms with van der Waals surface area (Å²) in [4.78, 5) is 29.9. The van der Waals surface area contributed by atoms with E-state index in [1.807, 2.05) is 30.3 Å². The molecule has 0 spiro atoms. The minimum Gasteiger partial charge on any atom is -0.478 e. The Kier molecular flexibility index (Phi) is 5.33. The summed E-state index contributed by atoms with van der Waals surface area (Å²) in [6.45, 7) is 0.137. The Balaban J connectivity index is 1.38. The third-order valence-electron chi connectivity index (χ3n) is 5.59. The van der Waals surface area contributed by atoms with Gasteiger partial charge >= 0.3 is 5.97 Å². The number of hydrogen-bond donors (Lipinski definition) is 2. The summed E-state index contributed by atoms with van der Waals surface area (Å²) in [5, 5.41) is 20.8. The van der Waals surface area contributed by atoms with Crippen molar-refractivity contribution in [2.45, 2.75) is 50.2 Å². The topological polar surface area (TPSA) is 106 Å². The van der Waals surface area contributed by atoms with Gasteiger partial charge in [0.25, 0.3) is 5.91 Å². The lowest BCUT2D eigenvalue weighted by Crippen LogP contribution is -2.42. The van der Waals surface area contributed by atoms with Crippen LogP contribution in [0.5, 0.6) is 0 Å². The van der Waals surface area contributed by atoms with Crippen LogP contribution in [-0.4, -0.2) is 44.6 Å². The van der Waals surface area contributed by atoms with E-state index in [0.29, 0.717) is 11.4 Å². The third kappa shape index (κ3) is 4.01. The molecule has 8 heteroatoms. The maximum atomic E-state index is 12.6. The van der Waals surface area contributed by atoms with Crippen LogP contribution in [0.3, 0.4) is 0 Å². The van der Waals surface area contributed by atoms with Crippen molar-refractivity contribution in [3.63, 3.8) is 0 Å². The number of hydrogen-bond acceptors (Lipinski definition) is 5. The van der Waals surface area contributed by atoms with E-state index in [0.717, 1.165) is 31.2 Å². The maximum absolute atomic E-state index is 12.6. The molecule has 1 aliphatic heterocycles. The Hall–Kier alpha value is -3.16. The molecule has 2 N–H and O–H groups in total. The minimum absolute atomic E-state index is 0.124. The van der Waals surface area contributed by atoms with E-state index in [1.165, 1.54) is 0 Å². The molecule has 8 nitrogen and oxygen atoms in total. The Morgan fingerprint density at radius 1 is 1.21 bits per heavy atom. The predicted molar refractivity (Wildman–Crippen MR) is 106 cm³/mol. The fourth-order valence-electron chi connectivity index (χ4n) is 4.06. The molecule has 4 rings (SSSR count). The quantitative estimate of drug-likeness (QED) is 0.748. The Morgan fingerprint density at radius 2 is 1.97 bits per heavy atom. The molecule has 1 saturated carbocycles. The van der Waals surface area contributed by atoms with Crippen molar-refractivity contribution >= 4 is 17.6 Å². The first-order valence-electron chi connectivity index (χ1n) is 9.90. The second-order valence-corrected chi connectivity index (χ2v) is 7.67. The minimum atomic E-state index is -1.44. The van der Waals surface area contributed by atoms with Gasteiger partial charge < -0.3 is 15.3 Å². The molecule has 2 aromatic rings. The molecule has 1 aromatic carbocycles. The number of nitrogens with one attached hydrogen (secondary N) is 1. The molecule has 2 heterocycles. The van der Waals surface area contributed by atoms with Gasteiger partial charge in [0, 0.05) is 19.0 Å². The van der Waals surface area contributed by atoms with Crippen molar-refractivity contribution in [2.75, 3.05) is 6.54 Å². The number of benzene rings is 1. The molecule has 0 saturated heterocycles. The normalized spacial score (nSPS) is 21.6. The zero-order chi connectivity index (χ0) is 20.3. The van der Waals surface area contributed by atoms with E-state index in [9.17, 15) is 14.7 Å². The predicted octanol–water partition coefficient (Wildman–Crippen LogP) is 2.57. The Labute approximate surface area is 168 Å². The molecule has 1 aliphatic carbocycles. The summed E-state index contributed by atoms with van der Waals surface area (Å²) in [5.74, 6) is -1.31. The number of carboxylic acids is 1. The summed E-state index contributed by atoms with van der Waals surface area (Å²) >= 11 is 0. The molecule has 0 bridgehead atoms. The molecule has 0 radical (unpaired) electrons. The first-order valence-corrected chi connectivity index (χ1v) is 9.90. The summed E-state index contributed by atoms with van der Waals surface area (Å²) in [6.07, 6.45) is 6.33. The summed E-state index contributed by atoms with van der Waals surface area (Å²) in [5.41, 5.74) is 0.442. The van der Waals surface area contributed by atoms with Crippen molar-refractivity contribution in [1.29, 1.82) is 0 Å². The first-order chi connectivity index (χ1) is 14.1. The van der Waals surface area contributed by atoms with Crippen molar-refractivity contribution < 1.29 is 19.5 Å². The molecular formula is C21H24N4O4. The van der Waals surface area contributed by atoms with Crippen LogP contribution in [0.4, 0.5) is 0 Å². The highest BCUT2D eigenvalue weighted by atomic mass is 16.7. The lowest BCUT2D eigenvalue weighted by atomic mass is 9.90.